The third-order valence-corrected chi connectivity index (χ3v) is 2.50. The Morgan fingerprint density at radius 3 is 2.48 bits per heavy atom. The van der Waals surface area contributed by atoms with E-state index < -0.39 is 17.8 Å². The van der Waals surface area contributed by atoms with E-state index >= 15 is 0 Å². The number of aliphatic carboxylic acids is 1. The van der Waals surface area contributed by atoms with Crippen LogP contribution in [0.25, 0.3) is 0 Å². The van der Waals surface area contributed by atoms with E-state index in [0.717, 1.165) is 4.68 Å². The molecule has 0 radical (unpaired) electrons. The minimum absolute atomic E-state index is 0.0183. The molecule has 0 unspecified atom stereocenters. The highest BCUT2D eigenvalue weighted by Crippen LogP contribution is 2.10. The number of carboxylic acid groups (broad SMARTS) is 1. The second-order valence-corrected chi connectivity index (χ2v) is 4.09. The molecule has 1 aromatic heterocycles. The van der Waals surface area contributed by atoms with Gasteiger partial charge >= 0.3 is 5.97 Å². The van der Waals surface area contributed by atoms with Crippen LogP contribution in [-0.2, 0) is 11.3 Å². The Hall–Kier alpha value is -3.23. The molecule has 0 saturated carbocycles. The molecule has 0 aliphatic heterocycles. The molecule has 0 spiro atoms. The smallest absolute Gasteiger partial charge is 0.325 e. The number of hydrogen-bond donors (Lipinski definition) is 3. The first-order valence-corrected chi connectivity index (χ1v) is 5.79. The number of carbonyl (C=O) groups is 3. The summed E-state index contributed by atoms with van der Waals surface area (Å²) in [6, 6.07) is 5.97. The Bertz CT molecular complexity index is 692. The highest BCUT2D eigenvalue weighted by atomic mass is 16.4. The van der Waals surface area contributed by atoms with Crippen molar-refractivity contribution in [1.82, 2.24) is 15.0 Å². The normalized spacial score (nSPS) is 10.1. The summed E-state index contributed by atoms with van der Waals surface area (Å²) in [5.41, 5.74) is 5.85. The van der Waals surface area contributed by atoms with E-state index in [0.29, 0.717) is 11.3 Å². The van der Waals surface area contributed by atoms with Crippen LogP contribution >= 0.6 is 0 Å². The van der Waals surface area contributed by atoms with Crippen molar-refractivity contribution < 1.29 is 19.5 Å². The third-order valence-electron chi connectivity index (χ3n) is 2.50. The van der Waals surface area contributed by atoms with Crippen LogP contribution in [0.1, 0.15) is 20.8 Å². The number of nitrogens with zero attached hydrogens (tertiary/aromatic N) is 3. The lowest BCUT2D eigenvalue weighted by molar-refractivity contribution is -0.137. The predicted molar refractivity (Wildman–Crippen MR) is 70.6 cm³/mol. The number of amides is 2. The van der Waals surface area contributed by atoms with E-state index in [9.17, 15) is 14.4 Å². The van der Waals surface area contributed by atoms with Crippen LogP contribution in [-0.4, -0.2) is 37.9 Å². The summed E-state index contributed by atoms with van der Waals surface area (Å²) >= 11 is 0. The molecular formula is C12H11N5O4. The van der Waals surface area contributed by atoms with Gasteiger partial charge in [-0.15, -0.1) is 5.10 Å². The number of aromatic nitrogens is 3. The summed E-state index contributed by atoms with van der Waals surface area (Å²) in [5, 5.41) is 18.2. The van der Waals surface area contributed by atoms with Gasteiger partial charge in [0.1, 0.15) is 6.54 Å². The monoisotopic (exact) mass is 289 g/mol. The van der Waals surface area contributed by atoms with Crippen molar-refractivity contribution in [3.63, 3.8) is 0 Å². The summed E-state index contributed by atoms with van der Waals surface area (Å²) < 4.78 is 1.04. The molecule has 0 fully saturated rings. The Kier molecular flexibility index (Phi) is 3.93. The quantitative estimate of drug-likeness (QED) is 0.691. The van der Waals surface area contributed by atoms with Gasteiger partial charge in [-0.3, -0.25) is 14.4 Å². The zero-order chi connectivity index (χ0) is 15.4. The maximum atomic E-state index is 11.9. The average molecular weight is 289 g/mol. The van der Waals surface area contributed by atoms with Gasteiger partial charge in [-0.25, -0.2) is 4.68 Å². The van der Waals surface area contributed by atoms with Gasteiger partial charge in [-0.1, -0.05) is 5.21 Å². The molecule has 9 heteroatoms. The average Bonchev–Trinajstić information content (AvgIpc) is 2.87. The number of anilines is 1. The molecule has 0 aliphatic carbocycles. The lowest BCUT2D eigenvalue weighted by Crippen LogP contribution is -2.14. The van der Waals surface area contributed by atoms with Crippen LogP contribution in [0, 0.1) is 0 Å². The zero-order valence-electron chi connectivity index (χ0n) is 10.7. The lowest BCUT2D eigenvalue weighted by Gasteiger charge is -2.03. The molecule has 4 N–H and O–H groups in total. The van der Waals surface area contributed by atoms with E-state index in [-0.39, 0.29) is 12.2 Å². The van der Waals surface area contributed by atoms with Gasteiger partial charge < -0.3 is 16.2 Å². The molecule has 21 heavy (non-hydrogen) atoms. The van der Waals surface area contributed by atoms with Crippen molar-refractivity contribution >= 4 is 23.5 Å². The summed E-state index contributed by atoms with van der Waals surface area (Å²) in [5.74, 6) is -2.20. The standard InChI is InChI=1S/C12H11N5O4/c13-11(20)7-1-3-8(4-2-7)14-12(21)9-5-17(16-15-9)6-10(18)19/h1-5H,6H2,(H2,13,20)(H,14,21)(H,18,19). The Morgan fingerprint density at radius 1 is 1.24 bits per heavy atom. The molecule has 108 valence electrons. The van der Waals surface area contributed by atoms with Gasteiger partial charge in [-0.05, 0) is 24.3 Å². The highest BCUT2D eigenvalue weighted by Gasteiger charge is 2.12. The number of carbonyl (C=O) groups excluding carboxylic acids is 2. The topological polar surface area (TPSA) is 140 Å². The van der Waals surface area contributed by atoms with E-state index in [1.54, 1.807) is 0 Å². The number of benzene rings is 1. The molecule has 0 bridgehead atoms. The van der Waals surface area contributed by atoms with Gasteiger partial charge in [-0.2, -0.15) is 0 Å². The third kappa shape index (κ3) is 3.62. The van der Waals surface area contributed by atoms with Crippen molar-refractivity contribution in [2.45, 2.75) is 6.54 Å². The summed E-state index contributed by atoms with van der Waals surface area (Å²) in [7, 11) is 0. The van der Waals surface area contributed by atoms with Gasteiger partial charge in [0.05, 0.1) is 6.20 Å². The molecule has 2 rings (SSSR count). The Labute approximate surface area is 118 Å². The Morgan fingerprint density at radius 2 is 1.90 bits per heavy atom. The van der Waals surface area contributed by atoms with Gasteiger partial charge in [0, 0.05) is 11.3 Å². The van der Waals surface area contributed by atoms with E-state index in [1.165, 1.54) is 30.5 Å². The van der Waals surface area contributed by atoms with Gasteiger partial charge in [0.25, 0.3) is 5.91 Å². The van der Waals surface area contributed by atoms with Crippen molar-refractivity contribution in [2.75, 3.05) is 5.32 Å². The number of nitrogens with two attached hydrogens (primary N) is 1. The first kappa shape index (κ1) is 14.2. The molecule has 1 aromatic carbocycles. The largest absolute Gasteiger partial charge is 0.480 e. The van der Waals surface area contributed by atoms with E-state index in [2.05, 4.69) is 15.6 Å². The fourth-order valence-electron chi connectivity index (χ4n) is 1.53. The number of hydrogen-bond acceptors (Lipinski definition) is 5. The van der Waals surface area contributed by atoms with Crippen molar-refractivity contribution in [1.29, 1.82) is 0 Å². The SMILES string of the molecule is NC(=O)c1ccc(NC(=O)c2cn(CC(=O)O)nn2)cc1. The van der Waals surface area contributed by atoms with Gasteiger partial charge in [0.15, 0.2) is 5.69 Å². The number of nitrogens with one attached hydrogen (secondary N) is 1. The second kappa shape index (κ2) is 5.82. The maximum absolute atomic E-state index is 11.9. The number of carboxylic acids is 1. The van der Waals surface area contributed by atoms with E-state index in [4.69, 9.17) is 10.8 Å². The van der Waals surface area contributed by atoms with Crippen LogP contribution in [0.5, 0.6) is 0 Å². The molecular weight excluding hydrogens is 278 g/mol. The van der Waals surface area contributed by atoms with Crippen molar-refractivity contribution in [3.8, 4) is 0 Å². The van der Waals surface area contributed by atoms with Crippen LogP contribution in [0.3, 0.4) is 0 Å². The van der Waals surface area contributed by atoms with Crippen LogP contribution in [0.4, 0.5) is 5.69 Å². The molecule has 0 aliphatic rings. The molecule has 2 aromatic rings. The summed E-state index contributed by atoms with van der Waals surface area (Å²) in [6.45, 7) is -0.381. The van der Waals surface area contributed by atoms with Gasteiger partial charge in [0.2, 0.25) is 5.91 Å². The minimum Gasteiger partial charge on any atom is -0.480 e. The first-order chi connectivity index (χ1) is 9.95. The fourth-order valence-corrected chi connectivity index (χ4v) is 1.53. The minimum atomic E-state index is -1.09. The number of primary amides is 1. The molecule has 0 saturated heterocycles. The first-order valence-electron chi connectivity index (χ1n) is 5.79. The Balaban J connectivity index is 2.05. The predicted octanol–water partition coefficient (Wildman–Crippen LogP) is -0.286. The number of rotatable bonds is 5. The van der Waals surface area contributed by atoms with Crippen molar-refractivity contribution in [3.05, 3.63) is 41.7 Å². The molecule has 1 heterocycles. The van der Waals surface area contributed by atoms with E-state index in [1.807, 2.05) is 0 Å². The van der Waals surface area contributed by atoms with Crippen LogP contribution in [0.2, 0.25) is 0 Å². The summed E-state index contributed by atoms with van der Waals surface area (Å²) in [4.78, 5) is 33.3. The summed E-state index contributed by atoms with van der Waals surface area (Å²) in [6.07, 6.45) is 1.22. The molecule has 2 amide bonds. The maximum Gasteiger partial charge on any atom is 0.325 e. The molecule has 9 nitrogen and oxygen atoms in total. The van der Waals surface area contributed by atoms with Crippen LogP contribution < -0.4 is 11.1 Å². The lowest BCUT2D eigenvalue weighted by atomic mass is 10.2. The zero-order valence-corrected chi connectivity index (χ0v) is 10.7. The fraction of sp³-hybridized carbons (Fsp3) is 0.0833. The molecule has 0 atom stereocenters. The van der Waals surface area contributed by atoms with Crippen LogP contribution in [0.15, 0.2) is 30.5 Å². The van der Waals surface area contributed by atoms with Crippen molar-refractivity contribution in [2.24, 2.45) is 5.73 Å². The second-order valence-electron chi connectivity index (χ2n) is 4.09. The highest BCUT2D eigenvalue weighted by molar-refractivity contribution is 6.03.